The fraction of sp³-hybridized carbons (Fsp3) is 0.600. The van der Waals surface area contributed by atoms with E-state index in [9.17, 15) is 10.1 Å². The fourth-order valence-electron chi connectivity index (χ4n) is 3.25. The van der Waals surface area contributed by atoms with Gasteiger partial charge >= 0.3 is 0 Å². The molecule has 0 aliphatic heterocycles. The monoisotopic (exact) mass is 261 g/mol. The summed E-state index contributed by atoms with van der Waals surface area (Å²) >= 11 is 0. The Morgan fingerprint density at radius 1 is 1.42 bits per heavy atom. The van der Waals surface area contributed by atoms with Gasteiger partial charge in [-0.25, -0.2) is 0 Å². The maximum Gasteiger partial charge on any atom is 0.224 e. The van der Waals surface area contributed by atoms with E-state index in [0.29, 0.717) is 5.92 Å². The van der Waals surface area contributed by atoms with Crippen molar-refractivity contribution in [2.75, 3.05) is 7.11 Å². The van der Waals surface area contributed by atoms with Crippen LogP contribution in [0.15, 0.2) is 18.2 Å². The van der Waals surface area contributed by atoms with Gasteiger partial charge in [0.1, 0.15) is 5.75 Å². The van der Waals surface area contributed by atoms with Gasteiger partial charge in [-0.2, -0.15) is 0 Å². The number of rotatable bonds is 5. The average Bonchev–Trinajstić information content (AvgIpc) is 3.28. The van der Waals surface area contributed by atoms with Crippen LogP contribution in [0.4, 0.5) is 0 Å². The highest BCUT2D eigenvalue weighted by atomic mass is 16.6. The van der Waals surface area contributed by atoms with Crippen LogP contribution in [-0.2, 0) is 0 Å². The van der Waals surface area contributed by atoms with Crippen LogP contribution in [-0.4, -0.2) is 18.1 Å². The molecule has 1 aromatic carbocycles. The standard InChI is InChI=1S/C15H19NO3/c1-3-11-14(15(11)16(17)18)10-6-7-12(9-4-5-9)13(8-10)19-2/h6-9,11,14-15H,3-5H2,1-2H3. The van der Waals surface area contributed by atoms with Crippen molar-refractivity contribution in [3.05, 3.63) is 39.4 Å². The van der Waals surface area contributed by atoms with Crippen molar-refractivity contribution < 1.29 is 9.66 Å². The molecule has 0 aromatic heterocycles. The maximum absolute atomic E-state index is 11.0. The first-order valence-electron chi connectivity index (χ1n) is 6.98. The van der Waals surface area contributed by atoms with Gasteiger partial charge in [-0.05, 0) is 42.4 Å². The molecular formula is C15H19NO3. The van der Waals surface area contributed by atoms with Gasteiger partial charge in [0.2, 0.25) is 6.04 Å². The molecule has 0 radical (unpaired) electrons. The Labute approximate surface area is 112 Å². The van der Waals surface area contributed by atoms with E-state index in [1.807, 2.05) is 13.0 Å². The summed E-state index contributed by atoms with van der Waals surface area (Å²) in [5.41, 5.74) is 2.33. The Morgan fingerprint density at radius 2 is 2.16 bits per heavy atom. The molecule has 3 rings (SSSR count). The Hall–Kier alpha value is -1.58. The molecule has 2 aliphatic rings. The molecule has 1 aromatic rings. The quantitative estimate of drug-likeness (QED) is 0.603. The number of hydrogen-bond acceptors (Lipinski definition) is 3. The van der Waals surface area contributed by atoms with Crippen molar-refractivity contribution in [3.63, 3.8) is 0 Å². The molecule has 0 saturated heterocycles. The zero-order chi connectivity index (χ0) is 13.6. The third kappa shape index (κ3) is 2.09. The first-order valence-corrected chi connectivity index (χ1v) is 6.98. The summed E-state index contributed by atoms with van der Waals surface area (Å²) in [6, 6.07) is 5.78. The van der Waals surface area contributed by atoms with E-state index >= 15 is 0 Å². The summed E-state index contributed by atoms with van der Waals surface area (Å²) < 4.78 is 5.46. The van der Waals surface area contributed by atoms with Crippen LogP contribution in [0.2, 0.25) is 0 Å². The minimum Gasteiger partial charge on any atom is -0.496 e. The van der Waals surface area contributed by atoms with Crippen molar-refractivity contribution in [1.29, 1.82) is 0 Å². The molecule has 3 unspecified atom stereocenters. The minimum atomic E-state index is -0.401. The van der Waals surface area contributed by atoms with E-state index in [1.165, 1.54) is 18.4 Å². The van der Waals surface area contributed by atoms with Crippen molar-refractivity contribution in [2.24, 2.45) is 5.92 Å². The lowest BCUT2D eigenvalue weighted by Crippen LogP contribution is -2.04. The SMILES string of the molecule is CCC1C(c2ccc(C3CC3)c(OC)c2)C1[N+](=O)[O-]. The van der Waals surface area contributed by atoms with E-state index in [1.54, 1.807) is 7.11 Å². The van der Waals surface area contributed by atoms with Crippen molar-refractivity contribution in [2.45, 2.75) is 44.1 Å². The van der Waals surface area contributed by atoms with Crippen molar-refractivity contribution >= 4 is 0 Å². The molecule has 102 valence electrons. The Balaban J connectivity index is 1.87. The second-order valence-electron chi connectivity index (χ2n) is 5.65. The van der Waals surface area contributed by atoms with E-state index in [0.717, 1.165) is 17.7 Å². The first kappa shape index (κ1) is 12.5. The second kappa shape index (κ2) is 4.51. The minimum absolute atomic E-state index is 0.0714. The lowest BCUT2D eigenvalue weighted by molar-refractivity contribution is -0.499. The third-order valence-corrected chi connectivity index (χ3v) is 4.50. The highest BCUT2D eigenvalue weighted by Gasteiger charge is 2.59. The predicted molar refractivity (Wildman–Crippen MR) is 72.3 cm³/mol. The molecule has 0 spiro atoms. The van der Waals surface area contributed by atoms with Gasteiger partial charge < -0.3 is 4.74 Å². The summed E-state index contributed by atoms with van der Waals surface area (Å²) in [6.07, 6.45) is 3.32. The van der Waals surface area contributed by atoms with Crippen LogP contribution < -0.4 is 4.74 Å². The van der Waals surface area contributed by atoms with Crippen molar-refractivity contribution in [3.8, 4) is 5.75 Å². The fourth-order valence-corrected chi connectivity index (χ4v) is 3.25. The molecule has 2 aliphatic carbocycles. The lowest BCUT2D eigenvalue weighted by Gasteiger charge is -2.09. The van der Waals surface area contributed by atoms with Gasteiger partial charge in [0, 0.05) is 10.8 Å². The van der Waals surface area contributed by atoms with Gasteiger partial charge in [0.25, 0.3) is 0 Å². The van der Waals surface area contributed by atoms with Crippen LogP contribution in [0.5, 0.6) is 5.75 Å². The maximum atomic E-state index is 11.0. The zero-order valence-electron chi connectivity index (χ0n) is 11.3. The molecule has 2 fully saturated rings. The number of nitro groups is 1. The average molecular weight is 261 g/mol. The Morgan fingerprint density at radius 3 is 2.63 bits per heavy atom. The highest BCUT2D eigenvalue weighted by molar-refractivity contribution is 5.45. The van der Waals surface area contributed by atoms with Gasteiger partial charge in [-0.1, -0.05) is 19.1 Å². The summed E-state index contributed by atoms with van der Waals surface area (Å²) in [4.78, 5) is 10.9. The van der Waals surface area contributed by atoms with Crippen LogP contribution in [0, 0.1) is 16.0 Å². The normalized spacial score (nSPS) is 29.1. The summed E-state index contributed by atoms with van der Waals surface area (Å²) in [7, 11) is 1.68. The van der Waals surface area contributed by atoms with Crippen molar-refractivity contribution in [1.82, 2.24) is 0 Å². The van der Waals surface area contributed by atoms with Crippen LogP contribution in [0.3, 0.4) is 0 Å². The largest absolute Gasteiger partial charge is 0.496 e. The van der Waals surface area contributed by atoms with E-state index < -0.39 is 6.04 Å². The highest BCUT2D eigenvalue weighted by Crippen LogP contribution is 2.53. The van der Waals surface area contributed by atoms with E-state index in [2.05, 4.69) is 12.1 Å². The first-order chi connectivity index (χ1) is 9.17. The zero-order valence-corrected chi connectivity index (χ0v) is 11.3. The molecule has 3 atom stereocenters. The molecule has 2 saturated carbocycles. The number of benzene rings is 1. The molecular weight excluding hydrogens is 242 g/mol. The summed E-state index contributed by atoms with van der Waals surface area (Å²) in [5, 5.41) is 11.0. The molecule has 0 amide bonds. The topological polar surface area (TPSA) is 52.4 Å². The van der Waals surface area contributed by atoms with Crippen LogP contribution >= 0.6 is 0 Å². The second-order valence-corrected chi connectivity index (χ2v) is 5.65. The molecule has 0 N–H and O–H groups in total. The van der Waals surface area contributed by atoms with E-state index in [-0.39, 0.29) is 16.8 Å². The molecule has 4 heteroatoms. The molecule has 0 heterocycles. The van der Waals surface area contributed by atoms with Gasteiger partial charge in [-0.15, -0.1) is 0 Å². The summed E-state index contributed by atoms with van der Waals surface area (Å²) in [6.45, 7) is 2.02. The molecule has 19 heavy (non-hydrogen) atoms. The third-order valence-electron chi connectivity index (χ3n) is 4.50. The molecule has 4 nitrogen and oxygen atoms in total. The predicted octanol–water partition coefficient (Wildman–Crippen LogP) is 3.34. The summed E-state index contributed by atoms with van der Waals surface area (Å²) in [5.74, 6) is 1.80. The van der Waals surface area contributed by atoms with Crippen LogP contribution in [0.25, 0.3) is 0 Å². The van der Waals surface area contributed by atoms with Gasteiger partial charge in [0.05, 0.1) is 13.0 Å². The van der Waals surface area contributed by atoms with Crippen LogP contribution in [0.1, 0.15) is 49.1 Å². The Kier molecular flexibility index (Phi) is 2.96. The smallest absolute Gasteiger partial charge is 0.224 e. The van der Waals surface area contributed by atoms with Gasteiger partial charge in [0.15, 0.2) is 0 Å². The molecule has 0 bridgehead atoms. The number of ether oxygens (including phenoxy) is 1. The van der Waals surface area contributed by atoms with E-state index in [4.69, 9.17) is 4.74 Å². The number of nitrogens with zero attached hydrogens (tertiary/aromatic N) is 1. The van der Waals surface area contributed by atoms with Gasteiger partial charge in [-0.3, -0.25) is 10.1 Å². The lowest BCUT2D eigenvalue weighted by atomic mass is 10.0. The Bertz CT molecular complexity index is 510. The number of hydrogen-bond donors (Lipinski definition) is 0. The number of methoxy groups -OCH3 is 1.